The smallest absolute Gasteiger partial charge is 0.330 e. The van der Waals surface area contributed by atoms with E-state index in [0.29, 0.717) is 6.42 Å². The van der Waals surface area contributed by atoms with Crippen molar-refractivity contribution in [3.63, 3.8) is 0 Å². The lowest BCUT2D eigenvalue weighted by atomic mass is 10.0. The van der Waals surface area contributed by atoms with Gasteiger partial charge in [0, 0.05) is 5.57 Å². The highest BCUT2D eigenvalue weighted by molar-refractivity contribution is 8.93. The van der Waals surface area contributed by atoms with E-state index in [0.717, 1.165) is 0 Å². The molecule has 0 saturated heterocycles. The maximum absolute atomic E-state index is 9.83. The molecule has 0 aliphatic heterocycles. The number of hydrogen-bond acceptors (Lipinski definition) is 2. The number of rotatable bonds is 17. The highest BCUT2D eigenvalue weighted by atomic mass is 79.9. The van der Waals surface area contributed by atoms with Crippen molar-refractivity contribution in [2.45, 2.75) is 110 Å². The summed E-state index contributed by atoms with van der Waals surface area (Å²) in [6.07, 6.45) is 20.8. The molecule has 0 saturated carbocycles. The number of unbranched alkanes of at least 4 members (excludes halogenated alkanes) is 13. The number of nitrogens with zero attached hydrogens (tertiary/aromatic N) is 1. The first-order valence-electron chi connectivity index (χ1n) is 11.0. The molecule has 27 heavy (non-hydrogen) atoms. The molecule has 0 fully saturated rings. The number of hydrogen-bond donors (Lipinski definition) is 1. The van der Waals surface area contributed by atoms with Crippen molar-refractivity contribution in [3.05, 3.63) is 12.2 Å². The van der Waals surface area contributed by atoms with E-state index in [-0.39, 0.29) is 22.6 Å². The summed E-state index contributed by atoms with van der Waals surface area (Å²) in [5, 5.41) is 8.08. The standard InChI is InChI=1S/C18H39N.C5H8O2.BrH/c1-4-5-6-7-8-9-10-11-12-13-14-15-16-17-18-19(2)3;1-3-4(2)5(6)7;/h4-18H2,1-3H3;2-3H2,1H3,(H,6,7);1H. The highest BCUT2D eigenvalue weighted by Gasteiger charge is 1.96. The number of aliphatic carboxylic acids is 1. The zero-order chi connectivity index (χ0) is 20.0. The number of carboxylic acid groups (broad SMARTS) is 1. The van der Waals surface area contributed by atoms with E-state index >= 15 is 0 Å². The second-order valence-corrected chi connectivity index (χ2v) is 7.66. The summed E-state index contributed by atoms with van der Waals surface area (Å²) in [4.78, 5) is 12.1. The number of halogens is 1. The van der Waals surface area contributed by atoms with Gasteiger partial charge in [-0.1, -0.05) is 104 Å². The first-order chi connectivity index (χ1) is 12.5. The van der Waals surface area contributed by atoms with Crippen molar-refractivity contribution < 1.29 is 9.90 Å². The van der Waals surface area contributed by atoms with Crippen LogP contribution in [0, 0.1) is 0 Å². The SMILES string of the molecule is Br.C=C(CC)C(=O)O.CCCCCCCCCCCCCCCCN(C)C. The predicted molar refractivity (Wildman–Crippen MR) is 126 cm³/mol. The first-order valence-corrected chi connectivity index (χ1v) is 11.0. The molecule has 0 amide bonds. The first kappa shape index (κ1) is 31.3. The molecule has 0 heterocycles. The fraction of sp³-hybridized carbons (Fsp3) is 0.870. The molecular formula is C23H48BrNO2. The van der Waals surface area contributed by atoms with Crippen molar-refractivity contribution in [1.29, 1.82) is 0 Å². The molecule has 0 aromatic rings. The molecule has 0 rings (SSSR count). The Hall–Kier alpha value is -0.350. The van der Waals surface area contributed by atoms with Crippen molar-refractivity contribution >= 4 is 23.0 Å². The topological polar surface area (TPSA) is 40.5 Å². The van der Waals surface area contributed by atoms with Crippen molar-refractivity contribution in [1.82, 2.24) is 4.90 Å². The Bertz CT molecular complexity index is 320. The highest BCUT2D eigenvalue weighted by Crippen LogP contribution is 2.12. The summed E-state index contributed by atoms with van der Waals surface area (Å²) in [6, 6.07) is 0. The van der Waals surface area contributed by atoms with Gasteiger partial charge in [0.2, 0.25) is 0 Å². The molecule has 0 spiro atoms. The molecule has 164 valence electrons. The van der Waals surface area contributed by atoms with E-state index in [9.17, 15) is 4.79 Å². The summed E-state index contributed by atoms with van der Waals surface area (Å²) >= 11 is 0. The quantitative estimate of drug-likeness (QED) is 0.183. The van der Waals surface area contributed by atoms with E-state index in [1.54, 1.807) is 6.92 Å². The average molecular weight is 451 g/mol. The number of carbonyl (C=O) groups is 1. The second kappa shape index (κ2) is 25.6. The molecule has 0 aromatic carbocycles. The lowest BCUT2D eigenvalue weighted by Crippen LogP contribution is -2.12. The lowest BCUT2D eigenvalue weighted by molar-refractivity contribution is -0.132. The lowest BCUT2D eigenvalue weighted by Gasteiger charge is -2.08. The van der Waals surface area contributed by atoms with Gasteiger partial charge in [-0.2, -0.15) is 0 Å². The van der Waals surface area contributed by atoms with E-state index in [1.807, 2.05) is 0 Å². The molecule has 0 aliphatic carbocycles. The zero-order valence-corrected chi connectivity index (χ0v) is 20.4. The summed E-state index contributed by atoms with van der Waals surface area (Å²) < 4.78 is 0. The van der Waals surface area contributed by atoms with Gasteiger partial charge in [0.1, 0.15) is 0 Å². The minimum Gasteiger partial charge on any atom is -0.478 e. The Morgan fingerprint density at radius 2 is 1.07 bits per heavy atom. The van der Waals surface area contributed by atoms with E-state index < -0.39 is 5.97 Å². The summed E-state index contributed by atoms with van der Waals surface area (Å²) in [6.45, 7) is 8.59. The Morgan fingerprint density at radius 3 is 1.30 bits per heavy atom. The van der Waals surface area contributed by atoms with Gasteiger partial charge >= 0.3 is 5.97 Å². The van der Waals surface area contributed by atoms with Gasteiger partial charge in [-0.25, -0.2) is 4.79 Å². The molecule has 0 atom stereocenters. The van der Waals surface area contributed by atoms with Crippen LogP contribution in [0.15, 0.2) is 12.2 Å². The van der Waals surface area contributed by atoms with E-state index in [4.69, 9.17) is 5.11 Å². The van der Waals surface area contributed by atoms with Gasteiger partial charge < -0.3 is 10.0 Å². The van der Waals surface area contributed by atoms with Crippen LogP contribution in [0.3, 0.4) is 0 Å². The summed E-state index contributed by atoms with van der Waals surface area (Å²) in [5.74, 6) is -0.900. The van der Waals surface area contributed by atoms with Crippen LogP contribution in [0.1, 0.15) is 110 Å². The fourth-order valence-electron chi connectivity index (χ4n) is 2.77. The summed E-state index contributed by atoms with van der Waals surface area (Å²) in [5.41, 5.74) is 0.264. The van der Waals surface area contributed by atoms with Crippen LogP contribution in [0.2, 0.25) is 0 Å². The van der Waals surface area contributed by atoms with Gasteiger partial charge in [-0.05, 0) is 33.5 Å². The Kier molecular flexibility index (Phi) is 29.8. The monoisotopic (exact) mass is 449 g/mol. The maximum atomic E-state index is 9.83. The molecule has 4 heteroatoms. The minimum atomic E-state index is -0.900. The largest absolute Gasteiger partial charge is 0.478 e. The molecule has 1 N–H and O–H groups in total. The molecule has 0 bridgehead atoms. The third kappa shape index (κ3) is 30.6. The number of carboxylic acids is 1. The van der Waals surface area contributed by atoms with Gasteiger partial charge in [0.05, 0.1) is 0 Å². The van der Waals surface area contributed by atoms with Crippen molar-refractivity contribution in [2.24, 2.45) is 0 Å². The van der Waals surface area contributed by atoms with Gasteiger partial charge in [-0.3, -0.25) is 0 Å². The van der Waals surface area contributed by atoms with Gasteiger partial charge in [0.25, 0.3) is 0 Å². The minimum absolute atomic E-state index is 0. The van der Waals surface area contributed by atoms with Crippen LogP contribution in [0.4, 0.5) is 0 Å². The van der Waals surface area contributed by atoms with Crippen LogP contribution in [-0.4, -0.2) is 36.6 Å². The third-order valence-corrected chi connectivity index (χ3v) is 4.69. The zero-order valence-electron chi connectivity index (χ0n) is 18.7. The predicted octanol–water partition coefficient (Wildman–Crippen LogP) is 7.64. The Morgan fingerprint density at radius 1 is 0.741 bits per heavy atom. The average Bonchev–Trinajstić information content (AvgIpc) is 2.61. The van der Waals surface area contributed by atoms with E-state index in [1.165, 1.54) is 96.4 Å². The molecular weight excluding hydrogens is 402 g/mol. The molecule has 3 nitrogen and oxygen atoms in total. The van der Waals surface area contributed by atoms with Crippen molar-refractivity contribution in [2.75, 3.05) is 20.6 Å². The van der Waals surface area contributed by atoms with Crippen LogP contribution in [-0.2, 0) is 4.79 Å². The normalized spacial score (nSPS) is 10.1. The fourth-order valence-corrected chi connectivity index (χ4v) is 2.77. The van der Waals surface area contributed by atoms with Gasteiger partial charge in [-0.15, -0.1) is 17.0 Å². The van der Waals surface area contributed by atoms with Gasteiger partial charge in [0.15, 0.2) is 0 Å². The van der Waals surface area contributed by atoms with Crippen LogP contribution in [0.25, 0.3) is 0 Å². The van der Waals surface area contributed by atoms with Crippen molar-refractivity contribution in [3.8, 4) is 0 Å². The molecule has 0 aliphatic rings. The molecule has 0 aromatic heterocycles. The summed E-state index contributed by atoms with van der Waals surface area (Å²) in [7, 11) is 4.34. The molecule has 0 unspecified atom stereocenters. The maximum Gasteiger partial charge on any atom is 0.330 e. The molecule has 0 radical (unpaired) electrons. The second-order valence-electron chi connectivity index (χ2n) is 7.66. The third-order valence-electron chi connectivity index (χ3n) is 4.69. The Balaban J connectivity index is -0.000000612. The van der Waals surface area contributed by atoms with Crippen LogP contribution < -0.4 is 0 Å². The van der Waals surface area contributed by atoms with E-state index in [2.05, 4.69) is 32.5 Å². The van der Waals surface area contributed by atoms with Crippen LogP contribution in [0.5, 0.6) is 0 Å². The van der Waals surface area contributed by atoms with Crippen LogP contribution >= 0.6 is 17.0 Å². The Labute approximate surface area is 180 Å².